The van der Waals surface area contributed by atoms with Crippen molar-refractivity contribution in [2.24, 2.45) is 0 Å². The monoisotopic (exact) mass is 374 g/mol. The second kappa shape index (κ2) is 7.06. The Labute approximate surface area is 170 Å². The maximum atomic E-state index is 4.94. The Morgan fingerprint density at radius 3 is 2.17 bits per heavy atom. The fourth-order valence-corrected chi connectivity index (χ4v) is 3.94. The zero-order valence-corrected chi connectivity index (χ0v) is 16.6. The molecular weight excluding hydrogens is 352 g/mol. The summed E-state index contributed by atoms with van der Waals surface area (Å²) < 4.78 is 0. The molecule has 0 unspecified atom stereocenters. The predicted octanol–water partition coefficient (Wildman–Crippen LogP) is 6.78. The van der Waals surface area contributed by atoms with Gasteiger partial charge in [0.25, 0.3) is 0 Å². The van der Waals surface area contributed by atoms with Gasteiger partial charge in [-0.3, -0.25) is 0 Å². The Morgan fingerprint density at radius 2 is 1.38 bits per heavy atom. The number of aromatic nitrogens is 1. The third kappa shape index (κ3) is 3.13. The molecule has 2 heteroatoms. The maximum Gasteiger partial charge on any atom is 0.0722 e. The number of hydrogen-bond donors (Lipinski definition) is 0. The summed E-state index contributed by atoms with van der Waals surface area (Å²) in [7, 11) is 4.12. The highest BCUT2D eigenvalue weighted by molar-refractivity contribution is 6.15. The molecule has 5 aromatic rings. The summed E-state index contributed by atoms with van der Waals surface area (Å²) in [6, 6.07) is 29.9. The SMILES string of the molecule is CN(C)c1ccc(C=Cc2c3ccccc3nc3ccc4ccccc4c23)cc1. The molecule has 0 fully saturated rings. The van der Waals surface area contributed by atoms with Crippen LogP contribution < -0.4 is 4.90 Å². The smallest absolute Gasteiger partial charge is 0.0722 e. The summed E-state index contributed by atoms with van der Waals surface area (Å²) in [6.45, 7) is 0. The Bertz CT molecular complexity index is 1360. The largest absolute Gasteiger partial charge is 0.378 e. The van der Waals surface area contributed by atoms with Crippen molar-refractivity contribution in [3.05, 3.63) is 96.1 Å². The standard InChI is InChI=1S/C27H22N2/c1-29(2)21-15-11-19(12-16-21)13-17-24-23-9-5-6-10-25(23)28-26-18-14-20-7-3-4-8-22(20)27(24)26/h3-18H,1-2H3. The van der Waals surface area contributed by atoms with Crippen LogP contribution in [-0.2, 0) is 0 Å². The van der Waals surface area contributed by atoms with Crippen LogP contribution in [0.25, 0.3) is 44.7 Å². The zero-order valence-electron chi connectivity index (χ0n) is 16.6. The molecular formula is C27H22N2. The number of pyridine rings is 1. The summed E-state index contributed by atoms with van der Waals surface area (Å²) in [5.74, 6) is 0. The summed E-state index contributed by atoms with van der Waals surface area (Å²) in [4.78, 5) is 7.05. The number of para-hydroxylation sites is 1. The van der Waals surface area contributed by atoms with E-state index in [0.717, 1.165) is 11.0 Å². The lowest BCUT2D eigenvalue weighted by atomic mass is 9.96. The van der Waals surface area contributed by atoms with Crippen LogP contribution in [0.2, 0.25) is 0 Å². The van der Waals surface area contributed by atoms with Crippen LogP contribution in [0.3, 0.4) is 0 Å². The van der Waals surface area contributed by atoms with E-state index in [-0.39, 0.29) is 0 Å². The van der Waals surface area contributed by atoms with Gasteiger partial charge in [-0.1, -0.05) is 72.8 Å². The summed E-state index contributed by atoms with van der Waals surface area (Å²) in [5.41, 5.74) is 5.67. The molecule has 1 heterocycles. The van der Waals surface area contributed by atoms with E-state index in [4.69, 9.17) is 4.98 Å². The number of benzene rings is 4. The lowest BCUT2D eigenvalue weighted by Gasteiger charge is -2.12. The first-order valence-corrected chi connectivity index (χ1v) is 9.86. The number of rotatable bonds is 3. The molecule has 0 radical (unpaired) electrons. The molecule has 0 N–H and O–H groups in total. The molecule has 1 aromatic heterocycles. The average Bonchev–Trinajstić information content (AvgIpc) is 2.76. The molecule has 0 saturated heterocycles. The van der Waals surface area contributed by atoms with Gasteiger partial charge in [-0.05, 0) is 46.2 Å². The second-order valence-electron chi connectivity index (χ2n) is 7.54. The highest BCUT2D eigenvalue weighted by Gasteiger charge is 2.10. The van der Waals surface area contributed by atoms with E-state index in [2.05, 4.69) is 116 Å². The number of anilines is 1. The molecule has 0 aliphatic carbocycles. The summed E-state index contributed by atoms with van der Waals surface area (Å²) in [6.07, 6.45) is 4.44. The molecule has 0 atom stereocenters. The van der Waals surface area contributed by atoms with Crippen molar-refractivity contribution in [2.45, 2.75) is 0 Å². The topological polar surface area (TPSA) is 16.1 Å². The van der Waals surface area contributed by atoms with E-state index in [1.165, 1.54) is 38.4 Å². The van der Waals surface area contributed by atoms with Gasteiger partial charge >= 0.3 is 0 Å². The van der Waals surface area contributed by atoms with Gasteiger partial charge in [-0.15, -0.1) is 0 Å². The van der Waals surface area contributed by atoms with Gasteiger partial charge in [0.1, 0.15) is 0 Å². The van der Waals surface area contributed by atoms with Crippen LogP contribution in [0.5, 0.6) is 0 Å². The molecule has 0 spiro atoms. The minimum atomic E-state index is 1.03. The molecule has 0 saturated carbocycles. The van der Waals surface area contributed by atoms with Crippen molar-refractivity contribution in [1.29, 1.82) is 0 Å². The van der Waals surface area contributed by atoms with Crippen molar-refractivity contribution in [3.63, 3.8) is 0 Å². The van der Waals surface area contributed by atoms with Crippen molar-refractivity contribution in [1.82, 2.24) is 4.98 Å². The van der Waals surface area contributed by atoms with Crippen molar-refractivity contribution < 1.29 is 0 Å². The van der Waals surface area contributed by atoms with Gasteiger partial charge in [0.15, 0.2) is 0 Å². The Hall–Kier alpha value is -3.65. The van der Waals surface area contributed by atoms with E-state index in [1.54, 1.807) is 0 Å². The van der Waals surface area contributed by atoms with Crippen molar-refractivity contribution >= 4 is 50.4 Å². The lowest BCUT2D eigenvalue weighted by Crippen LogP contribution is -2.07. The van der Waals surface area contributed by atoms with E-state index in [0.29, 0.717) is 0 Å². The molecule has 5 rings (SSSR count). The van der Waals surface area contributed by atoms with Crippen molar-refractivity contribution in [2.75, 3.05) is 19.0 Å². The predicted molar refractivity (Wildman–Crippen MR) is 126 cm³/mol. The summed E-state index contributed by atoms with van der Waals surface area (Å²) in [5, 5.41) is 4.87. The van der Waals surface area contributed by atoms with Gasteiger partial charge in [-0.2, -0.15) is 0 Å². The number of fused-ring (bicyclic) bond motifs is 4. The molecule has 4 aromatic carbocycles. The first-order valence-electron chi connectivity index (χ1n) is 9.86. The van der Waals surface area contributed by atoms with Crippen LogP contribution in [0.15, 0.2) is 84.9 Å². The zero-order chi connectivity index (χ0) is 19.8. The number of nitrogens with zero attached hydrogens (tertiary/aromatic N) is 2. The molecule has 0 bridgehead atoms. The van der Waals surface area contributed by atoms with Crippen LogP contribution in [0.4, 0.5) is 5.69 Å². The van der Waals surface area contributed by atoms with Gasteiger partial charge in [0.2, 0.25) is 0 Å². The minimum absolute atomic E-state index is 1.03. The third-order valence-electron chi connectivity index (χ3n) is 5.46. The van der Waals surface area contributed by atoms with Crippen LogP contribution in [0.1, 0.15) is 11.1 Å². The van der Waals surface area contributed by atoms with Crippen LogP contribution >= 0.6 is 0 Å². The second-order valence-corrected chi connectivity index (χ2v) is 7.54. The first-order chi connectivity index (χ1) is 14.2. The quantitative estimate of drug-likeness (QED) is 0.256. The molecule has 2 nitrogen and oxygen atoms in total. The van der Waals surface area contributed by atoms with E-state index >= 15 is 0 Å². The number of hydrogen-bond acceptors (Lipinski definition) is 2. The Balaban J connectivity index is 1.76. The van der Waals surface area contributed by atoms with Gasteiger partial charge in [0, 0.05) is 30.6 Å². The van der Waals surface area contributed by atoms with Crippen LogP contribution in [-0.4, -0.2) is 19.1 Å². The fourth-order valence-electron chi connectivity index (χ4n) is 3.94. The molecule has 29 heavy (non-hydrogen) atoms. The molecule has 0 aliphatic heterocycles. The highest BCUT2D eigenvalue weighted by Crippen LogP contribution is 2.33. The molecule has 0 aliphatic rings. The summed E-state index contributed by atoms with van der Waals surface area (Å²) >= 11 is 0. The van der Waals surface area contributed by atoms with Gasteiger partial charge in [0.05, 0.1) is 11.0 Å². The Kier molecular flexibility index (Phi) is 4.25. The van der Waals surface area contributed by atoms with Gasteiger partial charge in [-0.25, -0.2) is 4.98 Å². The van der Waals surface area contributed by atoms with E-state index < -0.39 is 0 Å². The van der Waals surface area contributed by atoms with E-state index in [9.17, 15) is 0 Å². The minimum Gasteiger partial charge on any atom is -0.378 e. The highest BCUT2D eigenvalue weighted by atomic mass is 15.1. The average molecular weight is 374 g/mol. The first kappa shape index (κ1) is 17.4. The van der Waals surface area contributed by atoms with Crippen molar-refractivity contribution in [3.8, 4) is 0 Å². The maximum absolute atomic E-state index is 4.94. The molecule has 140 valence electrons. The fraction of sp³-hybridized carbons (Fsp3) is 0.0741. The lowest BCUT2D eigenvalue weighted by molar-refractivity contribution is 1.13. The van der Waals surface area contributed by atoms with E-state index in [1.807, 2.05) is 0 Å². The van der Waals surface area contributed by atoms with Crippen LogP contribution in [0, 0.1) is 0 Å². The third-order valence-corrected chi connectivity index (χ3v) is 5.46. The molecule has 0 amide bonds. The van der Waals surface area contributed by atoms with Gasteiger partial charge < -0.3 is 4.90 Å². The Morgan fingerprint density at radius 1 is 0.655 bits per heavy atom. The normalized spacial score (nSPS) is 11.7.